The van der Waals surface area contributed by atoms with Crippen LogP contribution < -0.4 is 0 Å². The number of benzene rings is 4. The van der Waals surface area contributed by atoms with Gasteiger partial charge in [0, 0.05) is 43.6 Å². The number of hydrogen-bond acceptors (Lipinski definition) is 4. The number of nitrogens with zero attached hydrogens (tertiary/aromatic N) is 3. The van der Waals surface area contributed by atoms with Gasteiger partial charge in [0.15, 0.2) is 0 Å². The third kappa shape index (κ3) is 3.24. The lowest BCUT2D eigenvalue weighted by molar-refractivity contribution is 0.663. The van der Waals surface area contributed by atoms with E-state index in [4.69, 9.17) is 9.40 Å². The summed E-state index contributed by atoms with van der Waals surface area (Å²) in [6.45, 7) is 8.82. The molecule has 0 atom stereocenters. The maximum absolute atomic E-state index is 6.60. The fourth-order valence-corrected chi connectivity index (χ4v) is 7.34. The first-order valence-electron chi connectivity index (χ1n) is 13.7. The molecule has 0 saturated carbocycles. The van der Waals surface area contributed by atoms with Crippen LogP contribution >= 0.6 is 11.3 Å². The van der Waals surface area contributed by atoms with E-state index in [2.05, 4.69) is 110 Å². The van der Waals surface area contributed by atoms with E-state index in [0.29, 0.717) is 5.92 Å². The normalized spacial score (nSPS) is 12.2. The van der Waals surface area contributed by atoms with Gasteiger partial charge < -0.3 is 4.42 Å². The summed E-state index contributed by atoms with van der Waals surface area (Å²) >= 11 is 1.73. The summed E-state index contributed by atoms with van der Waals surface area (Å²) in [7, 11) is 0. The highest BCUT2D eigenvalue weighted by Crippen LogP contribution is 2.43. The third-order valence-electron chi connectivity index (χ3n) is 8.15. The van der Waals surface area contributed by atoms with Crippen molar-refractivity contribution >= 4 is 64.6 Å². The molecule has 5 heteroatoms. The van der Waals surface area contributed by atoms with Crippen molar-refractivity contribution in [2.75, 3.05) is 0 Å². The van der Waals surface area contributed by atoms with Gasteiger partial charge in [0.1, 0.15) is 21.8 Å². The minimum atomic E-state index is 0.447. The highest BCUT2D eigenvalue weighted by atomic mass is 32.1. The lowest BCUT2D eigenvalue weighted by atomic mass is 9.99. The van der Waals surface area contributed by atoms with Gasteiger partial charge in [-0.1, -0.05) is 50.2 Å². The van der Waals surface area contributed by atoms with Crippen LogP contribution in [-0.2, 0) is 0 Å². The molecule has 0 spiro atoms. The standard InChI is InChI=1S/C35H27N3OS/c1-19(2)22-14-15-23-27-17-20(3)31(21(4)32(27)39-30(23)18-22)38-29-13-6-5-12-28(29)37-34(38)26-10-7-9-24-25-11-8-16-36-35(25)40-33(24)26/h5-19H,1-4H3. The second-order valence-electron chi connectivity index (χ2n) is 11.0. The Hall–Kier alpha value is -4.48. The Labute approximate surface area is 235 Å². The topological polar surface area (TPSA) is 43.9 Å². The second-order valence-corrected chi connectivity index (χ2v) is 12.0. The Kier molecular flexibility index (Phi) is 4.98. The number of furan rings is 1. The molecule has 4 aromatic heterocycles. The number of thiophene rings is 1. The number of rotatable bonds is 3. The number of fused-ring (bicyclic) bond motifs is 7. The summed E-state index contributed by atoms with van der Waals surface area (Å²) in [6, 6.07) is 28.0. The fraction of sp³-hybridized carbons (Fsp3) is 0.143. The van der Waals surface area contributed by atoms with Crippen LogP contribution in [0.25, 0.3) is 70.3 Å². The molecule has 0 bridgehead atoms. The highest BCUT2D eigenvalue weighted by molar-refractivity contribution is 7.26. The SMILES string of the molecule is Cc1cc2c(oc3cc(C(C)C)ccc32)c(C)c1-n1c(-c2cccc3c2sc2ncccc23)nc2ccccc21. The van der Waals surface area contributed by atoms with Crippen molar-refractivity contribution in [3.63, 3.8) is 0 Å². The summed E-state index contributed by atoms with van der Waals surface area (Å²) in [5.41, 5.74) is 9.76. The zero-order valence-electron chi connectivity index (χ0n) is 22.8. The number of aryl methyl sites for hydroxylation is 2. The number of hydrogen-bond donors (Lipinski definition) is 0. The van der Waals surface area contributed by atoms with Gasteiger partial charge in [-0.25, -0.2) is 9.97 Å². The van der Waals surface area contributed by atoms with Crippen LogP contribution in [0.15, 0.2) is 89.5 Å². The van der Waals surface area contributed by atoms with E-state index in [9.17, 15) is 0 Å². The molecule has 4 aromatic carbocycles. The first kappa shape index (κ1) is 23.4. The third-order valence-corrected chi connectivity index (χ3v) is 9.31. The molecular weight excluding hydrogens is 510 g/mol. The molecule has 0 N–H and O–H groups in total. The molecule has 4 nitrogen and oxygen atoms in total. The Morgan fingerprint density at radius 1 is 0.825 bits per heavy atom. The number of aromatic nitrogens is 3. The van der Waals surface area contributed by atoms with E-state index in [1.165, 1.54) is 26.6 Å². The van der Waals surface area contributed by atoms with Gasteiger partial charge in [-0.3, -0.25) is 4.57 Å². The second kappa shape index (κ2) is 8.51. The summed E-state index contributed by atoms with van der Waals surface area (Å²) in [6.07, 6.45) is 1.87. The summed E-state index contributed by atoms with van der Waals surface area (Å²) < 4.78 is 10.1. The van der Waals surface area contributed by atoms with Crippen LogP contribution in [-0.4, -0.2) is 14.5 Å². The van der Waals surface area contributed by atoms with Gasteiger partial charge >= 0.3 is 0 Å². The molecule has 0 aliphatic heterocycles. The van der Waals surface area contributed by atoms with Gasteiger partial charge in [0.2, 0.25) is 0 Å². The average molecular weight is 538 g/mol. The van der Waals surface area contributed by atoms with Gasteiger partial charge in [-0.2, -0.15) is 0 Å². The molecule has 0 amide bonds. The van der Waals surface area contributed by atoms with Crippen LogP contribution in [0.3, 0.4) is 0 Å². The molecule has 8 rings (SSSR count). The molecule has 4 heterocycles. The first-order valence-corrected chi connectivity index (χ1v) is 14.5. The van der Waals surface area contributed by atoms with Gasteiger partial charge in [0.25, 0.3) is 0 Å². The van der Waals surface area contributed by atoms with Crippen molar-refractivity contribution in [1.82, 2.24) is 14.5 Å². The predicted molar refractivity (Wildman–Crippen MR) is 168 cm³/mol. The average Bonchev–Trinajstić information content (AvgIpc) is 3.64. The van der Waals surface area contributed by atoms with Crippen LogP contribution in [0, 0.1) is 13.8 Å². The Morgan fingerprint density at radius 2 is 1.68 bits per heavy atom. The van der Waals surface area contributed by atoms with Crippen LogP contribution in [0.4, 0.5) is 0 Å². The van der Waals surface area contributed by atoms with Crippen LogP contribution in [0.2, 0.25) is 0 Å². The predicted octanol–water partition coefficient (Wildman–Crippen LogP) is 10.1. The first-order chi connectivity index (χ1) is 19.5. The zero-order valence-corrected chi connectivity index (χ0v) is 23.6. The summed E-state index contributed by atoms with van der Waals surface area (Å²) in [5.74, 6) is 1.38. The van der Waals surface area contributed by atoms with E-state index in [1.54, 1.807) is 11.3 Å². The fourth-order valence-electron chi connectivity index (χ4n) is 6.19. The molecular formula is C35H27N3OS. The van der Waals surface area contributed by atoms with Gasteiger partial charge in [-0.15, -0.1) is 11.3 Å². The largest absolute Gasteiger partial charge is 0.456 e. The smallest absolute Gasteiger partial charge is 0.147 e. The lowest BCUT2D eigenvalue weighted by Crippen LogP contribution is -2.03. The molecule has 0 fully saturated rings. The quantitative estimate of drug-likeness (QED) is 0.225. The van der Waals surface area contributed by atoms with Crippen molar-refractivity contribution in [3.05, 3.63) is 102 Å². The Bertz CT molecular complexity index is 2280. The lowest BCUT2D eigenvalue weighted by Gasteiger charge is -2.16. The summed E-state index contributed by atoms with van der Waals surface area (Å²) in [4.78, 5) is 10.9. The monoisotopic (exact) mass is 537 g/mol. The Morgan fingerprint density at radius 3 is 2.55 bits per heavy atom. The maximum Gasteiger partial charge on any atom is 0.147 e. The molecule has 0 saturated heterocycles. The molecule has 0 radical (unpaired) electrons. The van der Waals surface area contributed by atoms with E-state index in [0.717, 1.165) is 60.4 Å². The molecule has 0 unspecified atom stereocenters. The summed E-state index contributed by atoms with van der Waals surface area (Å²) in [5, 5.41) is 4.72. The number of para-hydroxylation sites is 2. The van der Waals surface area contributed by atoms with E-state index in [-0.39, 0.29) is 0 Å². The number of pyridine rings is 1. The number of imidazole rings is 1. The zero-order chi connectivity index (χ0) is 27.1. The van der Waals surface area contributed by atoms with Crippen molar-refractivity contribution in [2.45, 2.75) is 33.6 Å². The molecule has 40 heavy (non-hydrogen) atoms. The van der Waals surface area contributed by atoms with E-state index in [1.807, 2.05) is 12.3 Å². The molecule has 194 valence electrons. The minimum Gasteiger partial charge on any atom is -0.456 e. The van der Waals surface area contributed by atoms with Crippen molar-refractivity contribution in [3.8, 4) is 17.1 Å². The van der Waals surface area contributed by atoms with Crippen molar-refractivity contribution < 1.29 is 4.42 Å². The minimum absolute atomic E-state index is 0.447. The van der Waals surface area contributed by atoms with Crippen LogP contribution in [0.5, 0.6) is 0 Å². The van der Waals surface area contributed by atoms with Crippen molar-refractivity contribution in [1.29, 1.82) is 0 Å². The van der Waals surface area contributed by atoms with E-state index < -0.39 is 0 Å². The van der Waals surface area contributed by atoms with Crippen LogP contribution in [0.1, 0.15) is 36.5 Å². The molecule has 8 aromatic rings. The maximum atomic E-state index is 6.60. The van der Waals surface area contributed by atoms with Gasteiger partial charge in [0.05, 0.1) is 16.7 Å². The van der Waals surface area contributed by atoms with Crippen molar-refractivity contribution in [2.24, 2.45) is 0 Å². The van der Waals surface area contributed by atoms with Gasteiger partial charge in [-0.05, 0) is 73.4 Å². The Balaban J connectivity index is 1.46. The molecule has 0 aliphatic carbocycles. The van der Waals surface area contributed by atoms with E-state index >= 15 is 0 Å². The molecule has 0 aliphatic rings. The highest BCUT2D eigenvalue weighted by Gasteiger charge is 2.23.